The van der Waals surface area contributed by atoms with E-state index in [1.807, 2.05) is 0 Å². The smallest absolute Gasteiger partial charge is 0.328 e. The molecule has 61 heavy (non-hydrogen) atoms. The molecule has 0 radical (unpaired) electrons. The van der Waals surface area contributed by atoms with E-state index in [2.05, 4.69) is 48.8 Å². The summed E-state index contributed by atoms with van der Waals surface area (Å²) in [5, 5.41) is 22.0. The fraction of sp³-hybridized carbons (Fsp3) is 0.843. The lowest BCUT2D eigenvalue weighted by Crippen LogP contribution is -2.49. The van der Waals surface area contributed by atoms with Crippen LogP contribution in [0.2, 0.25) is 0 Å². The van der Waals surface area contributed by atoms with Gasteiger partial charge in [0, 0.05) is 13.0 Å². The minimum Gasteiger partial charge on any atom is -0.481 e. The van der Waals surface area contributed by atoms with E-state index < -0.39 is 29.9 Å². The van der Waals surface area contributed by atoms with Gasteiger partial charge in [0.15, 0.2) is 5.96 Å². The van der Waals surface area contributed by atoms with Gasteiger partial charge in [0.1, 0.15) is 12.1 Å². The largest absolute Gasteiger partial charge is 0.481 e. The van der Waals surface area contributed by atoms with Crippen LogP contribution in [-0.4, -0.2) is 53.6 Å². The fourth-order valence-corrected chi connectivity index (χ4v) is 7.75. The number of ether oxygens (including phenoxy) is 1. The van der Waals surface area contributed by atoms with Crippen LogP contribution in [0.4, 0.5) is 0 Å². The van der Waals surface area contributed by atoms with Crippen LogP contribution in [0.5, 0.6) is 0 Å². The Morgan fingerprint density at radius 2 is 0.934 bits per heavy atom. The van der Waals surface area contributed by atoms with Gasteiger partial charge in [-0.2, -0.15) is 0 Å². The Morgan fingerprint density at radius 1 is 0.557 bits per heavy atom. The molecular weight excluding hydrogens is 763 g/mol. The van der Waals surface area contributed by atoms with Crippen molar-refractivity contribution in [1.29, 1.82) is 5.41 Å². The molecule has 10 nitrogen and oxygen atoms in total. The highest BCUT2D eigenvalue weighted by Crippen LogP contribution is 2.19. The molecule has 356 valence electrons. The Hall–Kier alpha value is -2.88. The summed E-state index contributed by atoms with van der Waals surface area (Å²) in [7, 11) is 0. The Kier molecular flexibility index (Phi) is 43.0. The lowest BCUT2D eigenvalue weighted by Gasteiger charge is -2.24. The van der Waals surface area contributed by atoms with E-state index in [1.54, 1.807) is 0 Å². The number of nitrogens with one attached hydrogen (secondary N) is 3. The Bertz CT molecular complexity index is 1100. The predicted octanol–water partition coefficient (Wildman–Crippen LogP) is 12.9. The first kappa shape index (κ1) is 58.1. The standard InChI is InChI=1S/C51H97N5O5/c1-3-5-7-9-11-13-15-17-19-20-21-22-23-25-27-29-31-33-35-37-40-45(39-36-34-32-30-28-26-24-18-16-14-12-10-8-6-4-2)61-50(60)47(42-43-48(57)58)56-49(59)46(52)41-38-44-55-51(53)54/h18-20,24,45-47H,3-17,21-23,25-44,52H2,1-2H3,(H,56,59)(H,57,58)(H4,53,54,55)/b20-19-,24-18-. The average Bonchev–Trinajstić information content (AvgIpc) is 3.23. The van der Waals surface area contributed by atoms with E-state index in [-0.39, 0.29) is 24.9 Å². The van der Waals surface area contributed by atoms with Crippen molar-refractivity contribution in [3.8, 4) is 0 Å². The minimum atomic E-state index is -1.08. The first-order chi connectivity index (χ1) is 29.7. The van der Waals surface area contributed by atoms with Gasteiger partial charge >= 0.3 is 11.9 Å². The number of rotatable bonds is 46. The third-order valence-corrected chi connectivity index (χ3v) is 11.7. The summed E-state index contributed by atoms with van der Waals surface area (Å²) >= 11 is 0. The molecule has 0 aromatic rings. The predicted molar refractivity (Wildman–Crippen MR) is 258 cm³/mol. The van der Waals surface area contributed by atoms with E-state index in [9.17, 15) is 19.5 Å². The van der Waals surface area contributed by atoms with Gasteiger partial charge in [-0.05, 0) is 96.3 Å². The van der Waals surface area contributed by atoms with Crippen molar-refractivity contribution in [1.82, 2.24) is 10.6 Å². The number of carboxylic acids is 1. The number of carboxylic acid groups (broad SMARTS) is 1. The molecular formula is C51H97N5O5. The molecule has 0 saturated heterocycles. The second-order valence-electron chi connectivity index (χ2n) is 17.7. The van der Waals surface area contributed by atoms with Crippen LogP contribution >= 0.6 is 0 Å². The molecule has 0 aliphatic rings. The molecule has 0 rings (SSSR count). The van der Waals surface area contributed by atoms with Crippen molar-refractivity contribution >= 4 is 23.8 Å². The number of esters is 1. The highest BCUT2D eigenvalue weighted by Gasteiger charge is 2.27. The Morgan fingerprint density at radius 3 is 1.31 bits per heavy atom. The molecule has 0 aliphatic carbocycles. The maximum atomic E-state index is 13.5. The molecule has 0 fully saturated rings. The quantitative estimate of drug-likeness (QED) is 0.0115. The van der Waals surface area contributed by atoms with Gasteiger partial charge in [-0.3, -0.25) is 15.0 Å². The molecule has 0 aliphatic heterocycles. The summed E-state index contributed by atoms with van der Waals surface area (Å²) in [4.78, 5) is 37.9. The number of unbranched alkanes of at least 4 members (excludes halogenated alkanes) is 27. The SMILES string of the molecule is CCCCCCCC/C=C\CCCCCCCC(CCCCCCCCCCC/C=C\CCCCCCCCC)OC(=O)C(CCC(=O)O)NC(=O)C(N)CCCNC(=N)N. The number of amides is 1. The molecule has 0 aromatic carbocycles. The van der Waals surface area contributed by atoms with Crippen molar-refractivity contribution in [2.24, 2.45) is 11.5 Å². The zero-order valence-corrected chi connectivity index (χ0v) is 39.6. The summed E-state index contributed by atoms with van der Waals surface area (Å²) in [6.45, 7) is 4.93. The lowest BCUT2D eigenvalue weighted by molar-refractivity contribution is -0.154. The number of hydrogen-bond acceptors (Lipinski definition) is 6. The van der Waals surface area contributed by atoms with Crippen LogP contribution in [0.1, 0.15) is 251 Å². The second-order valence-corrected chi connectivity index (χ2v) is 17.7. The van der Waals surface area contributed by atoms with E-state index in [0.717, 1.165) is 51.4 Å². The highest BCUT2D eigenvalue weighted by molar-refractivity contribution is 5.87. The number of guanidine groups is 1. The monoisotopic (exact) mass is 860 g/mol. The average molecular weight is 860 g/mol. The normalized spacial score (nSPS) is 13.1. The molecule has 1 amide bonds. The van der Waals surface area contributed by atoms with Crippen LogP contribution in [0.15, 0.2) is 24.3 Å². The van der Waals surface area contributed by atoms with Crippen molar-refractivity contribution < 1.29 is 24.2 Å². The van der Waals surface area contributed by atoms with Crippen LogP contribution in [0.25, 0.3) is 0 Å². The first-order valence-corrected chi connectivity index (χ1v) is 25.6. The zero-order valence-electron chi connectivity index (χ0n) is 39.6. The third kappa shape index (κ3) is 42.2. The molecule has 0 saturated carbocycles. The number of nitrogens with two attached hydrogens (primary N) is 2. The molecule has 0 aromatic heterocycles. The third-order valence-electron chi connectivity index (χ3n) is 11.7. The van der Waals surface area contributed by atoms with Crippen LogP contribution < -0.4 is 22.1 Å². The molecule has 3 unspecified atom stereocenters. The maximum Gasteiger partial charge on any atom is 0.328 e. The number of allylic oxidation sites excluding steroid dienone is 4. The lowest BCUT2D eigenvalue weighted by atomic mass is 10.0. The van der Waals surface area contributed by atoms with Gasteiger partial charge in [-0.1, -0.05) is 173 Å². The summed E-state index contributed by atoms with van der Waals surface area (Å²) in [6, 6.07) is -1.96. The molecule has 0 bridgehead atoms. The Labute approximate surface area is 374 Å². The van der Waals surface area contributed by atoms with Crippen LogP contribution in [0.3, 0.4) is 0 Å². The number of aliphatic carboxylic acids is 1. The highest BCUT2D eigenvalue weighted by atomic mass is 16.5. The molecule has 10 heteroatoms. The second kappa shape index (κ2) is 45.2. The molecule has 3 atom stereocenters. The Balaban J connectivity index is 4.73. The minimum absolute atomic E-state index is 0.0609. The number of hydrogen-bond donors (Lipinski definition) is 6. The van der Waals surface area contributed by atoms with Gasteiger partial charge in [0.05, 0.1) is 6.04 Å². The van der Waals surface area contributed by atoms with E-state index >= 15 is 0 Å². The summed E-state index contributed by atoms with van der Waals surface area (Å²) in [5.74, 6) is -2.30. The van der Waals surface area contributed by atoms with Crippen molar-refractivity contribution in [3.63, 3.8) is 0 Å². The topological polar surface area (TPSA) is 181 Å². The van der Waals surface area contributed by atoms with Gasteiger partial charge in [-0.25, -0.2) is 4.79 Å². The van der Waals surface area contributed by atoms with Crippen LogP contribution in [0, 0.1) is 5.41 Å². The summed E-state index contributed by atoms with van der Waals surface area (Å²) in [6.07, 6.45) is 50.2. The van der Waals surface area contributed by atoms with Crippen molar-refractivity contribution in [2.45, 2.75) is 270 Å². The number of carbonyl (C=O) groups is 3. The van der Waals surface area contributed by atoms with Crippen LogP contribution in [-0.2, 0) is 19.1 Å². The summed E-state index contributed by atoms with van der Waals surface area (Å²) < 4.78 is 6.06. The van der Waals surface area contributed by atoms with Gasteiger partial charge in [0.25, 0.3) is 0 Å². The fourth-order valence-electron chi connectivity index (χ4n) is 7.75. The van der Waals surface area contributed by atoms with Gasteiger partial charge in [-0.15, -0.1) is 0 Å². The van der Waals surface area contributed by atoms with Crippen molar-refractivity contribution in [2.75, 3.05) is 6.54 Å². The number of carbonyl (C=O) groups excluding carboxylic acids is 2. The molecule has 0 heterocycles. The van der Waals surface area contributed by atoms with E-state index in [1.165, 1.54) is 161 Å². The van der Waals surface area contributed by atoms with Gasteiger partial charge in [0.2, 0.25) is 5.91 Å². The molecule has 0 spiro atoms. The van der Waals surface area contributed by atoms with E-state index in [0.29, 0.717) is 19.4 Å². The maximum absolute atomic E-state index is 13.5. The molecule has 8 N–H and O–H groups in total. The zero-order chi connectivity index (χ0) is 44.9. The summed E-state index contributed by atoms with van der Waals surface area (Å²) in [5.41, 5.74) is 11.4. The van der Waals surface area contributed by atoms with Gasteiger partial charge < -0.3 is 31.9 Å². The van der Waals surface area contributed by atoms with E-state index in [4.69, 9.17) is 21.6 Å². The van der Waals surface area contributed by atoms with Crippen molar-refractivity contribution in [3.05, 3.63) is 24.3 Å². The first-order valence-electron chi connectivity index (χ1n) is 25.6.